The van der Waals surface area contributed by atoms with Crippen molar-refractivity contribution in [3.63, 3.8) is 0 Å². The van der Waals surface area contributed by atoms with E-state index in [0.717, 1.165) is 18.4 Å². The number of nitrogens with zero attached hydrogens (tertiary/aromatic N) is 1. The Morgan fingerprint density at radius 2 is 1.39 bits per heavy atom. The molecule has 2 amide bonds. The van der Waals surface area contributed by atoms with Crippen molar-refractivity contribution in [1.29, 1.82) is 0 Å². The molecule has 1 aromatic rings. The number of hydrazone groups is 1. The van der Waals surface area contributed by atoms with Crippen molar-refractivity contribution < 1.29 is 9.59 Å². The zero-order valence-corrected chi connectivity index (χ0v) is 17.4. The molecule has 0 radical (unpaired) electrons. The Morgan fingerprint density at radius 3 is 2.00 bits per heavy atom. The van der Waals surface area contributed by atoms with E-state index in [0.29, 0.717) is 6.42 Å². The van der Waals surface area contributed by atoms with E-state index in [9.17, 15) is 9.59 Å². The maximum absolute atomic E-state index is 11.8. The molecular weight excluding hydrogens is 350 g/mol. The monoisotopic (exact) mass is 387 g/mol. The SMILES string of the molecule is CCCCCCCCCCCCCC(=O)NCC(=O)N/N=C/c1ccccc1. The van der Waals surface area contributed by atoms with Crippen molar-refractivity contribution >= 4 is 18.0 Å². The highest BCUT2D eigenvalue weighted by molar-refractivity contribution is 5.86. The maximum Gasteiger partial charge on any atom is 0.259 e. The maximum atomic E-state index is 11.8. The molecule has 0 saturated carbocycles. The lowest BCUT2D eigenvalue weighted by molar-refractivity contribution is -0.126. The summed E-state index contributed by atoms with van der Waals surface area (Å²) in [5.41, 5.74) is 3.32. The van der Waals surface area contributed by atoms with Gasteiger partial charge in [0.2, 0.25) is 5.91 Å². The first kappa shape index (κ1) is 23.9. The van der Waals surface area contributed by atoms with Gasteiger partial charge >= 0.3 is 0 Å². The Morgan fingerprint density at radius 1 is 0.821 bits per heavy atom. The highest BCUT2D eigenvalue weighted by atomic mass is 16.2. The minimum atomic E-state index is -0.320. The van der Waals surface area contributed by atoms with Gasteiger partial charge in [0.1, 0.15) is 0 Å². The van der Waals surface area contributed by atoms with E-state index in [4.69, 9.17) is 0 Å². The van der Waals surface area contributed by atoms with Gasteiger partial charge in [0.05, 0.1) is 12.8 Å². The van der Waals surface area contributed by atoms with E-state index in [2.05, 4.69) is 22.8 Å². The van der Waals surface area contributed by atoms with Crippen LogP contribution in [0.5, 0.6) is 0 Å². The van der Waals surface area contributed by atoms with Gasteiger partial charge in [-0.25, -0.2) is 5.43 Å². The Bertz CT molecular complexity index is 558. The largest absolute Gasteiger partial charge is 0.347 e. The molecule has 156 valence electrons. The number of unbranched alkanes of at least 4 members (excludes halogenated alkanes) is 10. The number of hydrogen-bond acceptors (Lipinski definition) is 3. The van der Waals surface area contributed by atoms with Crippen LogP contribution in [0.4, 0.5) is 0 Å². The molecule has 28 heavy (non-hydrogen) atoms. The zero-order valence-electron chi connectivity index (χ0n) is 17.4. The van der Waals surface area contributed by atoms with Crippen LogP contribution >= 0.6 is 0 Å². The van der Waals surface area contributed by atoms with E-state index in [1.54, 1.807) is 6.21 Å². The first-order chi connectivity index (χ1) is 13.7. The quantitative estimate of drug-likeness (QED) is 0.239. The van der Waals surface area contributed by atoms with Crippen molar-refractivity contribution in [2.24, 2.45) is 5.10 Å². The number of benzene rings is 1. The highest BCUT2D eigenvalue weighted by Crippen LogP contribution is 2.11. The van der Waals surface area contributed by atoms with Crippen LogP contribution in [0, 0.1) is 0 Å². The minimum Gasteiger partial charge on any atom is -0.347 e. The molecule has 1 aromatic carbocycles. The minimum absolute atomic E-state index is 0.0387. The third-order valence-corrected chi connectivity index (χ3v) is 4.66. The summed E-state index contributed by atoms with van der Waals surface area (Å²) in [6.07, 6.45) is 15.9. The zero-order chi connectivity index (χ0) is 20.3. The fourth-order valence-electron chi connectivity index (χ4n) is 2.97. The van der Waals surface area contributed by atoms with Crippen molar-refractivity contribution in [2.75, 3.05) is 6.54 Å². The lowest BCUT2D eigenvalue weighted by Crippen LogP contribution is -2.34. The second-order valence-electron chi connectivity index (χ2n) is 7.27. The smallest absolute Gasteiger partial charge is 0.259 e. The van der Waals surface area contributed by atoms with Crippen LogP contribution in [-0.2, 0) is 9.59 Å². The first-order valence-corrected chi connectivity index (χ1v) is 10.9. The Labute approximate surface area is 170 Å². The lowest BCUT2D eigenvalue weighted by atomic mass is 10.1. The number of rotatable bonds is 16. The van der Waals surface area contributed by atoms with Gasteiger partial charge in [-0.1, -0.05) is 101 Å². The summed E-state index contributed by atoms with van der Waals surface area (Å²) in [7, 11) is 0. The van der Waals surface area contributed by atoms with Crippen molar-refractivity contribution in [1.82, 2.24) is 10.7 Å². The average Bonchev–Trinajstić information content (AvgIpc) is 2.71. The van der Waals surface area contributed by atoms with Crippen LogP contribution in [0.3, 0.4) is 0 Å². The average molecular weight is 388 g/mol. The van der Waals surface area contributed by atoms with Crippen molar-refractivity contribution in [3.8, 4) is 0 Å². The second-order valence-corrected chi connectivity index (χ2v) is 7.27. The van der Waals surface area contributed by atoms with Gasteiger partial charge in [-0.15, -0.1) is 0 Å². The fourth-order valence-corrected chi connectivity index (χ4v) is 2.97. The fraction of sp³-hybridized carbons (Fsp3) is 0.609. The summed E-state index contributed by atoms with van der Waals surface area (Å²) in [6, 6.07) is 9.51. The Hall–Kier alpha value is -2.17. The molecule has 0 unspecified atom stereocenters. The van der Waals surface area contributed by atoms with Gasteiger partial charge in [0, 0.05) is 6.42 Å². The summed E-state index contributed by atoms with van der Waals surface area (Å²) in [6.45, 7) is 2.21. The van der Waals surface area contributed by atoms with Crippen LogP contribution in [0.25, 0.3) is 0 Å². The summed E-state index contributed by atoms with van der Waals surface area (Å²) in [5.74, 6) is -0.391. The molecule has 0 heterocycles. The number of nitrogens with one attached hydrogen (secondary N) is 2. The molecule has 0 aromatic heterocycles. The number of carbonyl (C=O) groups is 2. The number of carbonyl (C=O) groups excluding carboxylic acids is 2. The van der Waals surface area contributed by atoms with E-state index in [-0.39, 0.29) is 18.4 Å². The molecule has 0 aliphatic rings. The number of hydrogen-bond donors (Lipinski definition) is 2. The summed E-state index contributed by atoms with van der Waals surface area (Å²) >= 11 is 0. The lowest BCUT2D eigenvalue weighted by Gasteiger charge is -2.05. The molecule has 0 fully saturated rings. The molecule has 0 bridgehead atoms. The molecular formula is C23H37N3O2. The molecule has 5 heteroatoms. The van der Waals surface area contributed by atoms with Crippen LogP contribution < -0.4 is 10.7 Å². The molecule has 0 aliphatic carbocycles. The third-order valence-electron chi connectivity index (χ3n) is 4.66. The summed E-state index contributed by atoms with van der Waals surface area (Å²) in [4.78, 5) is 23.4. The molecule has 1 rings (SSSR count). The van der Waals surface area contributed by atoms with Gasteiger partial charge in [-0.2, -0.15) is 5.10 Å². The molecule has 0 atom stereocenters. The van der Waals surface area contributed by atoms with E-state index < -0.39 is 0 Å². The number of amides is 2. The van der Waals surface area contributed by atoms with Crippen molar-refractivity contribution in [2.45, 2.75) is 84.0 Å². The van der Waals surface area contributed by atoms with Gasteiger partial charge in [0.15, 0.2) is 0 Å². The molecule has 0 aliphatic heterocycles. The molecule has 0 spiro atoms. The van der Waals surface area contributed by atoms with E-state index >= 15 is 0 Å². The second kappa shape index (κ2) is 17.0. The van der Waals surface area contributed by atoms with Crippen molar-refractivity contribution in [3.05, 3.63) is 35.9 Å². The predicted molar refractivity (Wildman–Crippen MR) is 116 cm³/mol. The first-order valence-electron chi connectivity index (χ1n) is 10.9. The van der Waals surface area contributed by atoms with Gasteiger partial charge < -0.3 is 5.32 Å². The molecule has 5 nitrogen and oxygen atoms in total. The highest BCUT2D eigenvalue weighted by Gasteiger charge is 2.04. The standard InChI is InChI=1S/C23H37N3O2/c1-2-3-4-5-6-7-8-9-10-11-15-18-22(27)24-20-23(28)26-25-19-21-16-13-12-14-17-21/h12-14,16-17,19H,2-11,15,18,20H2,1H3,(H,24,27)(H,26,28)/b25-19+. The van der Waals surface area contributed by atoms with Crippen LogP contribution in [-0.4, -0.2) is 24.6 Å². The van der Waals surface area contributed by atoms with Gasteiger partial charge in [-0.3, -0.25) is 9.59 Å². The topological polar surface area (TPSA) is 70.6 Å². The summed E-state index contributed by atoms with van der Waals surface area (Å²) in [5, 5.41) is 6.52. The predicted octanol–water partition coefficient (Wildman–Crippen LogP) is 4.95. The molecule has 2 N–H and O–H groups in total. The Kier molecular flexibility index (Phi) is 14.5. The van der Waals surface area contributed by atoms with E-state index in [1.807, 2.05) is 30.3 Å². The van der Waals surface area contributed by atoms with Crippen LogP contribution in [0.2, 0.25) is 0 Å². The van der Waals surface area contributed by atoms with Gasteiger partial charge in [-0.05, 0) is 12.0 Å². The molecule has 0 saturated heterocycles. The van der Waals surface area contributed by atoms with Gasteiger partial charge in [0.25, 0.3) is 5.91 Å². The summed E-state index contributed by atoms with van der Waals surface area (Å²) < 4.78 is 0. The Balaban J connectivity index is 1.92. The van der Waals surface area contributed by atoms with Crippen LogP contribution in [0.1, 0.15) is 89.5 Å². The third kappa shape index (κ3) is 14.0. The van der Waals surface area contributed by atoms with E-state index in [1.165, 1.54) is 57.8 Å². The van der Waals surface area contributed by atoms with Crippen LogP contribution in [0.15, 0.2) is 35.4 Å². The normalized spacial score (nSPS) is 10.9.